The Hall–Kier alpha value is -1.33. The van der Waals surface area contributed by atoms with Crippen LogP contribution in [0.4, 0.5) is 4.39 Å². The van der Waals surface area contributed by atoms with Crippen molar-refractivity contribution in [1.29, 1.82) is 0 Å². The number of benzene rings is 1. The van der Waals surface area contributed by atoms with E-state index in [4.69, 9.17) is 16.3 Å². The van der Waals surface area contributed by atoms with Crippen molar-refractivity contribution in [2.75, 3.05) is 13.1 Å². The molecule has 6 heteroatoms. The molecule has 1 aromatic carbocycles. The minimum Gasteiger partial charge on any atom is -0.480 e. The molecule has 2 fully saturated rings. The summed E-state index contributed by atoms with van der Waals surface area (Å²) in [6.07, 6.45) is 1.32. The molecular weight excluding hydrogens is 343 g/mol. The average molecular weight is 369 g/mol. The van der Waals surface area contributed by atoms with Gasteiger partial charge in [0.15, 0.2) is 6.10 Å². The first-order chi connectivity index (χ1) is 11.7. The number of hydrogen-bond donors (Lipinski definition) is 2. The van der Waals surface area contributed by atoms with Crippen LogP contribution in [0.3, 0.4) is 0 Å². The van der Waals surface area contributed by atoms with E-state index in [1.807, 2.05) is 20.8 Å². The Labute approximate surface area is 153 Å². The van der Waals surface area contributed by atoms with Gasteiger partial charge in [-0.05, 0) is 49.9 Å². The predicted octanol–water partition coefficient (Wildman–Crippen LogP) is 3.39. The molecule has 4 atom stereocenters. The summed E-state index contributed by atoms with van der Waals surface area (Å²) in [7, 11) is 0. The van der Waals surface area contributed by atoms with E-state index in [2.05, 4.69) is 10.6 Å². The van der Waals surface area contributed by atoms with E-state index >= 15 is 0 Å². The zero-order valence-electron chi connectivity index (χ0n) is 14.9. The first kappa shape index (κ1) is 18.5. The largest absolute Gasteiger partial charge is 0.480 e. The highest BCUT2D eigenvalue weighted by Gasteiger charge is 2.40. The van der Waals surface area contributed by atoms with E-state index in [1.165, 1.54) is 12.1 Å². The first-order valence-electron chi connectivity index (χ1n) is 8.87. The lowest BCUT2D eigenvalue weighted by molar-refractivity contribution is -0.133. The molecule has 1 aliphatic heterocycles. The van der Waals surface area contributed by atoms with Gasteiger partial charge < -0.3 is 15.4 Å². The zero-order chi connectivity index (χ0) is 18.2. The molecule has 25 heavy (non-hydrogen) atoms. The Morgan fingerprint density at radius 3 is 2.52 bits per heavy atom. The van der Waals surface area contributed by atoms with Crippen LogP contribution < -0.4 is 15.4 Å². The van der Waals surface area contributed by atoms with E-state index in [-0.39, 0.29) is 17.0 Å². The van der Waals surface area contributed by atoms with Crippen molar-refractivity contribution in [2.45, 2.75) is 45.8 Å². The van der Waals surface area contributed by atoms with Gasteiger partial charge in [-0.3, -0.25) is 4.79 Å². The lowest BCUT2D eigenvalue weighted by Gasteiger charge is -2.31. The molecule has 4 nitrogen and oxygen atoms in total. The fourth-order valence-corrected chi connectivity index (χ4v) is 3.99. The molecule has 1 heterocycles. The summed E-state index contributed by atoms with van der Waals surface area (Å²) >= 11 is 5.71. The van der Waals surface area contributed by atoms with Gasteiger partial charge in [0.25, 0.3) is 5.91 Å². The number of ether oxygens (including phenoxy) is 1. The second-order valence-electron chi connectivity index (χ2n) is 8.30. The van der Waals surface area contributed by atoms with E-state index in [1.54, 1.807) is 6.07 Å². The molecule has 1 aromatic rings. The number of nitrogens with one attached hydrogen (secondary N) is 2. The van der Waals surface area contributed by atoms with Gasteiger partial charge in [-0.1, -0.05) is 32.4 Å². The third-order valence-corrected chi connectivity index (χ3v) is 5.48. The molecule has 1 saturated heterocycles. The van der Waals surface area contributed by atoms with E-state index < -0.39 is 17.3 Å². The fourth-order valence-electron chi connectivity index (χ4n) is 3.87. The molecule has 138 valence electrons. The Bertz CT molecular complexity index is 635. The van der Waals surface area contributed by atoms with Gasteiger partial charge in [-0.25, -0.2) is 4.39 Å². The van der Waals surface area contributed by atoms with Gasteiger partial charge in [0.05, 0.1) is 5.02 Å². The molecular formula is C19H26ClFN2O2. The standard InChI is InChI=1S/C19H26ClFN2O2/c1-19(2,3)17(25-14-4-5-15(20)16(21)8-14)18(24)23-13-6-11-9-22-10-12(11)7-13/h4-5,8,11-13,17,22H,6-7,9-10H2,1-3H3,(H,23,24)/t11-,12+,13?,17?. The molecule has 1 amide bonds. The Morgan fingerprint density at radius 2 is 1.96 bits per heavy atom. The maximum absolute atomic E-state index is 13.7. The summed E-state index contributed by atoms with van der Waals surface area (Å²) < 4.78 is 19.5. The van der Waals surface area contributed by atoms with Gasteiger partial charge in [-0.15, -0.1) is 0 Å². The number of hydrogen-bond acceptors (Lipinski definition) is 3. The lowest BCUT2D eigenvalue weighted by atomic mass is 9.88. The summed E-state index contributed by atoms with van der Waals surface area (Å²) in [5, 5.41) is 6.59. The number of amides is 1. The topological polar surface area (TPSA) is 50.4 Å². The van der Waals surface area contributed by atoms with Crippen molar-refractivity contribution in [3.8, 4) is 5.75 Å². The molecule has 0 aromatic heterocycles. The van der Waals surface area contributed by atoms with Crippen LogP contribution in [0, 0.1) is 23.1 Å². The zero-order valence-corrected chi connectivity index (χ0v) is 15.7. The number of rotatable bonds is 4. The smallest absolute Gasteiger partial charge is 0.261 e. The van der Waals surface area contributed by atoms with Crippen molar-refractivity contribution >= 4 is 17.5 Å². The summed E-state index contributed by atoms with van der Waals surface area (Å²) in [6, 6.07) is 4.44. The van der Waals surface area contributed by atoms with Gasteiger partial charge in [0.2, 0.25) is 0 Å². The first-order valence-corrected chi connectivity index (χ1v) is 9.24. The molecule has 0 spiro atoms. The van der Waals surface area contributed by atoms with Gasteiger partial charge in [0, 0.05) is 17.5 Å². The highest BCUT2D eigenvalue weighted by atomic mass is 35.5. The third kappa shape index (κ3) is 4.26. The van der Waals surface area contributed by atoms with Crippen molar-refractivity contribution in [3.05, 3.63) is 29.0 Å². The second-order valence-corrected chi connectivity index (χ2v) is 8.70. The molecule has 2 unspecified atom stereocenters. The van der Waals surface area contributed by atoms with Gasteiger partial charge >= 0.3 is 0 Å². The van der Waals surface area contributed by atoms with Crippen molar-refractivity contribution < 1.29 is 13.9 Å². The van der Waals surface area contributed by atoms with Crippen LogP contribution in [0.5, 0.6) is 5.75 Å². The SMILES string of the molecule is CC(C)(C)C(Oc1ccc(Cl)c(F)c1)C(=O)NC1C[C@H]2CNC[C@H]2C1. The summed E-state index contributed by atoms with van der Waals surface area (Å²) in [6.45, 7) is 7.91. The van der Waals surface area contributed by atoms with Crippen LogP contribution >= 0.6 is 11.6 Å². The average Bonchev–Trinajstić information content (AvgIpc) is 3.08. The van der Waals surface area contributed by atoms with Crippen LogP contribution in [0.1, 0.15) is 33.6 Å². The van der Waals surface area contributed by atoms with E-state index in [0.717, 1.165) is 25.9 Å². The van der Waals surface area contributed by atoms with Gasteiger partial charge in [-0.2, -0.15) is 0 Å². The summed E-state index contributed by atoms with van der Waals surface area (Å²) in [5.74, 6) is 0.933. The number of halogens is 2. The van der Waals surface area contributed by atoms with Crippen molar-refractivity contribution in [3.63, 3.8) is 0 Å². The maximum atomic E-state index is 13.7. The fraction of sp³-hybridized carbons (Fsp3) is 0.632. The predicted molar refractivity (Wildman–Crippen MR) is 96.3 cm³/mol. The lowest BCUT2D eigenvalue weighted by Crippen LogP contribution is -2.49. The molecule has 2 N–H and O–H groups in total. The van der Waals surface area contributed by atoms with Crippen LogP contribution in [0.25, 0.3) is 0 Å². The molecule has 2 aliphatic rings. The van der Waals surface area contributed by atoms with Gasteiger partial charge in [0.1, 0.15) is 11.6 Å². The van der Waals surface area contributed by atoms with Crippen LogP contribution in [0.2, 0.25) is 5.02 Å². The second kappa shape index (κ2) is 7.12. The monoisotopic (exact) mass is 368 g/mol. The van der Waals surface area contributed by atoms with Crippen LogP contribution in [-0.4, -0.2) is 31.1 Å². The molecule has 0 bridgehead atoms. The van der Waals surface area contributed by atoms with E-state index in [9.17, 15) is 9.18 Å². The van der Waals surface area contributed by atoms with Crippen molar-refractivity contribution in [2.24, 2.45) is 17.3 Å². The maximum Gasteiger partial charge on any atom is 0.261 e. The van der Waals surface area contributed by atoms with Crippen LogP contribution in [0.15, 0.2) is 18.2 Å². The summed E-state index contributed by atoms with van der Waals surface area (Å²) in [4.78, 5) is 12.9. The third-order valence-electron chi connectivity index (χ3n) is 5.17. The quantitative estimate of drug-likeness (QED) is 0.856. The molecule has 3 rings (SSSR count). The molecule has 0 radical (unpaired) electrons. The highest BCUT2D eigenvalue weighted by molar-refractivity contribution is 6.30. The molecule has 1 aliphatic carbocycles. The van der Waals surface area contributed by atoms with Crippen LogP contribution in [-0.2, 0) is 4.79 Å². The normalized spacial score (nSPS) is 27.0. The minimum absolute atomic E-state index is 0.0372. The Balaban J connectivity index is 1.67. The summed E-state index contributed by atoms with van der Waals surface area (Å²) in [5.41, 5.74) is -0.420. The Kier molecular flexibility index (Phi) is 5.26. The van der Waals surface area contributed by atoms with Crippen molar-refractivity contribution in [1.82, 2.24) is 10.6 Å². The number of fused-ring (bicyclic) bond motifs is 1. The number of carbonyl (C=O) groups excluding carboxylic acids is 1. The number of carbonyl (C=O) groups is 1. The van der Waals surface area contributed by atoms with E-state index in [0.29, 0.717) is 17.6 Å². The minimum atomic E-state index is -0.702. The molecule has 1 saturated carbocycles. The highest BCUT2D eigenvalue weighted by Crippen LogP contribution is 2.35. The Morgan fingerprint density at radius 1 is 1.32 bits per heavy atom.